The first kappa shape index (κ1) is 103. The molecule has 10 aromatic heterocycles. The number of fused-ring (bicyclic) bond motifs is 2. The summed E-state index contributed by atoms with van der Waals surface area (Å²) in [6.07, 6.45) is 59.2. The van der Waals surface area contributed by atoms with Crippen LogP contribution in [0.3, 0.4) is 0 Å². The molecule has 6 nitrogen and oxygen atoms in total. The molecule has 0 spiro atoms. The summed E-state index contributed by atoms with van der Waals surface area (Å²) >= 11 is 12.3. The van der Waals surface area contributed by atoms with Crippen LogP contribution in [0.1, 0.15) is 325 Å². The van der Waals surface area contributed by atoms with Crippen molar-refractivity contribution in [2.75, 3.05) is 6.61 Å². The second-order valence-corrected chi connectivity index (χ2v) is 44.8. The molecule has 0 amide bonds. The lowest BCUT2D eigenvalue weighted by atomic mass is 9.88. The first-order valence-corrected chi connectivity index (χ1v) is 56.4. The summed E-state index contributed by atoms with van der Waals surface area (Å²) in [6, 6.07) is 17.4. The number of unbranched alkanes of at least 4 members (excludes halogenated alkanes) is 33. The molecular formula is C110H124F6N4O2S10. The molecule has 22 heteroatoms. The lowest BCUT2D eigenvalue weighted by molar-refractivity contribution is 0.295. The van der Waals surface area contributed by atoms with Crippen LogP contribution in [-0.2, 0) is 12.8 Å². The van der Waals surface area contributed by atoms with Gasteiger partial charge >= 0.3 is 0 Å². The molecule has 12 aromatic rings. The van der Waals surface area contributed by atoms with Crippen LogP contribution in [0.25, 0.3) is 113 Å². The number of ether oxygens (including phenoxy) is 2. The Morgan fingerprint density at radius 1 is 0.311 bits per heavy atom. The van der Waals surface area contributed by atoms with E-state index in [9.17, 15) is 0 Å². The van der Waals surface area contributed by atoms with Crippen molar-refractivity contribution in [1.82, 2.24) is 17.5 Å². The molecule has 0 radical (unpaired) electrons. The molecule has 0 aliphatic carbocycles. The second kappa shape index (κ2) is 55.4. The largest absolute Gasteiger partial charge is 0.489 e. The summed E-state index contributed by atoms with van der Waals surface area (Å²) in [7, 11) is 0. The van der Waals surface area contributed by atoms with Gasteiger partial charge in [-0.2, -0.15) is 17.5 Å². The van der Waals surface area contributed by atoms with E-state index in [1.165, 1.54) is 296 Å². The lowest BCUT2D eigenvalue weighted by Crippen LogP contribution is -2.06. The first-order chi connectivity index (χ1) is 64.6. The van der Waals surface area contributed by atoms with E-state index in [0.29, 0.717) is 116 Å². The van der Waals surface area contributed by atoms with Crippen LogP contribution in [0, 0.1) is 132 Å². The second-order valence-electron chi connectivity index (χ2n) is 34.9. The molecule has 698 valence electrons. The minimum absolute atomic E-state index is 0.0774. The van der Waals surface area contributed by atoms with Gasteiger partial charge in [-0.05, 0) is 146 Å². The maximum Gasteiger partial charge on any atom is 0.193 e. The topological polar surface area (TPSA) is 70.0 Å². The van der Waals surface area contributed by atoms with Gasteiger partial charge in [0, 0.05) is 88.1 Å². The van der Waals surface area contributed by atoms with Crippen molar-refractivity contribution in [1.29, 1.82) is 0 Å². The molecule has 12 rings (SSSR count). The molecule has 2 unspecified atom stereocenters. The van der Waals surface area contributed by atoms with Gasteiger partial charge in [0.25, 0.3) is 0 Å². The molecular weight excluding hydrogens is 1840 g/mol. The van der Waals surface area contributed by atoms with Gasteiger partial charge in [-0.25, -0.2) is 26.3 Å². The van der Waals surface area contributed by atoms with Gasteiger partial charge in [0.15, 0.2) is 23.1 Å². The SMILES string of the molecule is C#CC#CC#CC#CC#CC#COc1c(OCCCCCCCCCCCC)c(-c2cc(F)c(-c3ccc(-c4sc(C)cc4F)s3)s2)c2nsnc2c1-c1cc(F)c(-c2ccc(-c3sc(-c4sc(-c5c(F)c(F)c(-c6cc(CC(CCCCCCCC)CCCCCCCCCC)c(C)s6)c6nsnc56)cc4CC(CCCCCCCC)CCCCCCCCCC)cc3F)s2)s1. The lowest BCUT2D eigenvalue weighted by Gasteiger charge is -2.17. The third-order valence-electron chi connectivity index (χ3n) is 24.6. The first-order valence-electron chi connectivity index (χ1n) is 48.4. The maximum absolute atomic E-state index is 18.1. The molecule has 0 saturated heterocycles. The van der Waals surface area contributed by atoms with Crippen molar-refractivity contribution in [3.8, 4) is 174 Å². The summed E-state index contributed by atoms with van der Waals surface area (Å²) in [5.74, 6) is 23.0. The van der Waals surface area contributed by atoms with E-state index in [2.05, 4.69) is 113 Å². The van der Waals surface area contributed by atoms with Gasteiger partial charge in [0.05, 0.1) is 71.8 Å². The number of aryl methyl sites for hydroxylation is 2. The van der Waals surface area contributed by atoms with Crippen LogP contribution >= 0.6 is 114 Å². The van der Waals surface area contributed by atoms with Gasteiger partial charge < -0.3 is 9.47 Å². The van der Waals surface area contributed by atoms with Gasteiger partial charge in [0.1, 0.15) is 51.4 Å². The number of nitrogens with zero attached hydrogens (tertiary/aromatic N) is 4. The molecule has 0 aliphatic rings. The van der Waals surface area contributed by atoms with Crippen LogP contribution in [0.15, 0.2) is 60.7 Å². The highest BCUT2D eigenvalue weighted by atomic mass is 32.1. The standard InChI is InChI=1S/C110H124F6N4O2S10/c1-9-15-21-27-33-37-39-43-49-55-65-121-104-96(91-72-82(112)108(128-91)86-62-61-85(125-86)107-81(111)67-75(7)123-107)102-103(120-132-119-102)97(105(104)122-66-56-50-44-40-38-34-28-22-16-10-2)92-73-83(113)109(129-92)87-63-64-88(126-87)110-84(114)74-93(130-110)106-80(69-78(59-52-46-32-26-20-14-6)60-54-48-42-36-30-24-18-12-4)71-90(127-106)95-99(116)98(115)94(100-101(95)118-131-117-100)89-70-79(76(8)124-89)68-77(57-51-45-31-25-19-13-5)58-53-47-41-35-29-23-17-11-3/h2,61-64,67,70-74,77-78H,9,11-15,17-21,23-27,29-33,35-37,39,41-43,45-49,51-55,57-60,65,68-69H2,1,3-8H3. The van der Waals surface area contributed by atoms with Gasteiger partial charge in [-0.15, -0.1) is 97.1 Å². The fourth-order valence-electron chi connectivity index (χ4n) is 17.6. The summed E-state index contributed by atoms with van der Waals surface area (Å²) in [5, 5.41) is 0. The van der Waals surface area contributed by atoms with E-state index in [4.69, 9.17) is 33.4 Å². The Bertz CT molecular complexity index is 6060. The predicted octanol–water partition coefficient (Wildman–Crippen LogP) is 37.8. The highest BCUT2D eigenvalue weighted by Gasteiger charge is 2.34. The maximum atomic E-state index is 18.1. The van der Waals surface area contributed by atoms with Gasteiger partial charge in [-0.3, -0.25) is 0 Å². The average molecular weight is 1970 g/mol. The number of hydrogen-bond acceptors (Lipinski definition) is 16. The van der Waals surface area contributed by atoms with Crippen molar-refractivity contribution < 1.29 is 35.8 Å². The predicted molar refractivity (Wildman–Crippen MR) is 560 cm³/mol. The molecule has 2 atom stereocenters. The van der Waals surface area contributed by atoms with Crippen LogP contribution in [-0.4, -0.2) is 24.1 Å². The van der Waals surface area contributed by atoms with Crippen molar-refractivity contribution in [2.45, 2.75) is 331 Å². The normalized spacial score (nSPS) is 11.8. The Kier molecular flexibility index (Phi) is 43.3. The number of benzene rings is 2. The number of thiophene rings is 8. The minimum atomic E-state index is -0.961. The van der Waals surface area contributed by atoms with Crippen LogP contribution in [0.4, 0.5) is 26.3 Å². The van der Waals surface area contributed by atoms with Crippen molar-refractivity contribution >= 4 is 136 Å². The Morgan fingerprint density at radius 3 is 1.04 bits per heavy atom. The quantitative estimate of drug-likeness (QED) is 0.0215. The zero-order chi connectivity index (χ0) is 92.8. The molecule has 0 saturated carbocycles. The fourth-order valence-corrected chi connectivity index (χ4v) is 27.7. The van der Waals surface area contributed by atoms with Crippen molar-refractivity contribution in [3.63, 3.8) is 0 Å². The Morgan fingerprint density at radius 2 is 0.629 bits per heavy atom. The zero-order valence-corrected chi connectivity index (χ0v) is 85.9. The summed E-state index contributed by atoms with van der Waals surface area (Å²) < 4.78 is 136. The van der Waals surface area contributed by atoms with E-state index >= 15 is 26.3 Å². The molecule has 10 heterocycles. The van der Waals surface area contributed by atoms with Crippen LogP contribution in [0.5, 0.6) is 11.5 Å². The number of terminal acetylenes is 1. The smallest absolute Gasteiger partial charge is 0.193 e. The number of hydrogen-bond donors (Lipinski definition) is 0. The third kappa shape index (κ3) is 29.1. The molecule has 0 aliphatic heterocycles. The monoisotopic (exact) mass is 1970 g/mol. The number of rotatable bonds is 58. The van der Waals surface area contributed by atoms with Crippen LogP contribution in [0.2, 0.25) is 0 Å². The number of aromatic nitrogens is 4. The molecule has 0 N–H and O–H groups in total. The Hall–Kier alpha value is -7.78. The zero-order valence-electron chi connectivity index (χ0n) is 77.8. The molecule has 0 fully saturated rings. The van der Waals surface area contributed by atoms with Crippen LogP contribution < -0.4 is 9.47 Å². The van der Waals surface area contributed by atoms with E-state index in [1.54, 1.807) is 12.1 Å². The Balaban J connectivity index is 0.903. The molecule has 132 heavy (non-hydrogen) atoms. The summed E-state index contributed by atoms with van der Waals surface area (Å²) in [5.41, 5.74) is 4.49. The van der Waals surface area contributed by atoms with Gasteiger partial charge in [-0.1, -0.05) is 298 Å². The molecule has 2 aromatic carbocycles. The third-order valence-corrected chi connectivity index (χ3v) is 35.5. The van der Waals surface area contributed by atoms with E-state index in [0.717, 1.165) is 132 Å². The van der Waals surface area contributed by atoms with Gasteiger partial charge in [0.2, 0.25) is 0 Å². The van der Waals surface area contributed by atoms with E-state index in [1.807, 2.05) is 31.2 Å². The summed E-state index contributed by atoms with van der Waals surface area (Å²) in [4.78, 5) is 9.28. The highest BCUT2D eigenvalue weighted by molar-refractivity contribution is 7.30. The van der Waals surface area contributed by atoms with E-state index < -0.39 is 29.1 Å². The molecule has 0 bridgehead atoms. The highest BCUT2D eigenvalue weighted by Crippen LogP contribution is 2.57. The minimum Gasteiger partial charge on any atom is -0.489 e. The van der Waals surface area contributed by atoms with Crippen molar-refractivity contribution in [3.05, 3.63) is 116 Å². The average Bonchev–Trinajstić information content (AvgIpc) is 1.68. The van der Waals surface area contributed by atoms with E-state index in [-0.39, 0.29) is 39.9 Å². The van der Waals surface area contributed by atoms with Crippen molar-refractivity contribution in [2.24, 2.45) is 11.8 Å². The number of halogens is 6. The summed E-state index contributed by atoms with van der Waals surface area (Å²) in [6.45, 7) is 15.5. The Labute approximate surface area is 821 Å². The fraction of sp³-hybridized carbons (Fsp3) is 0.491.